The SMILES string of the molecule is C[C@H](N)c1ccc(OCC(=O)N2CCCC2)cc1F. The Labute approximate surface area is 112 Å². The van der Waals surface area contributed by atoms with E-state index in [1.807, 2.05) is 0 Å². The van der Waals surface area contributed by atoms with E-state index in [-0.39, 0.29) is 18.6 Å². The van der Waals surface area contributed by atoms with Crippen molar-refractivity contribution in [3.05, 3.63) is 29.6 Å². The van der Waals surface area contributed by atoms with Gasteiger partial charge in [-0.05, 0) is 25.8 Å². The number of ether oxygens (including phenoxy) is 1. The highest BCUT2D eigenvalue weighted by atomic mass is 19.1. The van der Waals surface area contributed by atoms with Crippen LogP contribution in [0.5, 0.6) is 5.75 Å². The highest BCUT2D eigenvalue weighted by Gasteiger charge is 2.18. The van der Waals surface area contributed by atoms with E-state index in [1.165, 1.54) is 6.07 Å². The Bertz CT molecular complexity index is 457. The van der Waals surface area contributed by atoms with Gasteiger partial charge in [-0.3, -0.25) is 4.79 Å². The summed E-state index contributed by atoms with van der Waals surface area (Å²) < 4.78 is 19.0. The summed E-state index contributed by atoms with van der Waals surface area (Å²) in [5, 5.41) is 0. The molecule has 5 heteroatoms. The van der Waals surface area contributed by atoms with Gasteiger partial charge in [0.15, 0.2) is 6.61 Å². The minimum Gasteiger partial charge on any atom is -0.484 e. The average Bonchev–Trinajstić information content (AvgIpc) is 2.89. The summed E-state index contributed by atoms with van der Waals surface area (Å²) >= 11 is 0. The summed E-state index contributed by atoms with van der Waals surface area (Å²) in [4.78, 5) is 13.5. The van der Waals surface area contributed by atoms with Crippen molar-refractivity contribution in [2.45, 2.75) is 25.8 Å². The molecule has 1 aliphatic rings. The van der Waals surface area contributed by atoms with Gasteiger partial charge in [0.2, 0.25) is 0 Å². The molecule has 1 aromatic carbocycles. The van der Waals surface area contributed by atoms with Gasteiger partial charge < -0.3 is 15.4 Å². The maximum atomic E-state index is 13.7. The van der Waals surface area contributed by atoms with Crippen LogP contribution in [-0.4, -0.2) is 30.5 Å². The van der Waals surface area contributed by atoms with E-state index in [9.17, 15) is 9.18 Å². The number of benzene rings is 1. The molecular formula is C14H19FN2O2. The molecular weight excluding hydrogens is 247 g/mol. The highest BCUT2D eigenvalue weighted by molar-refractivity contribution is 5.78. The summed E-state index contributed by atoms with van der Waals surface area (Å²) in [5.74, 6) is -0.0928. The Morgan fingerprint density at radius 3 is 2.74 bits per heavy atom. The van der Waals surface area contributed by atoms with Crippen molar-refractivity contribution in [2.24, 2.45) is 5.73 Å². The summed E-state index contributed by atoms with van der Waals surface area (Å²) in [7, 11) is 0. The maximum Gasteiger partial charge on any atom is 0.260 e. The van der Waals surface area contributed by atoms with E-state index in [0.29, 0.717) is 11.3 Å². The van der Waals surface area contributed by atoms with E-state index in [1.54, 1.807) is 24.0 Å². The fraction of sp³-hybridized carbons (Fsp3) is 0.500. The second kappa shape index (κ2) is 6.02. The van der Waals surface area contributed by atoms with E-state index < -0.39 is 5.82 Å². The van der Waals surface area contributed by atoms with Crippen LogP contribution in [0.4, 0.5) is 4.39 Å². The lowest BCUT2D eigenvalue weighted by molar-refractivity contribution is -0.132. The molecule has 2 N–H and O–H groups in total. The molecule has 1 heterocycles. The van der Waals surface area contributed by atoms with Crippen molar-refractivity contribution >= 4 is 5.91 Å². The second-order valence-corrected chi connectivity index (χ2v) is 4.85. The van der Waals surface area contributed by atoms with Gasteiger partial charge in [-0.15, -0.1) is 0 Å². The van der Waals surface area contributed by atoms with Crippen molar-refractivity contribution in [2.75, 3.05) is 19.7 Å². The standard InChI is InChI=1S/C14H19FN2O2/c1-10(16)12-5-4-11(8-13(12)15)19-9-14(18)17-6-2-3-7-17/h4-5,8,10H,2-3,6-7,9,16H2,1H3/t10-/m0/s1. The summed E-state index contributed by atoms with van der Waals surface area (Å²) in [6.07, 6.45) is 2.09. The van der Waals surface area contributed by atoms with Gasteiger partial charge in [-0.2, -0.15) is 0 Å². The molecule has 104 valence electrons. The molecule has 19 heavy (non-hydrogen) atoms. The smallest absolute Gasteiger partial charge is 0.260 e. The molecule has 1 fully saturated rings. The third kappa shape index (κ3) is 3.44. The van der Waals surface area contributed by atoms with Crippen LogP contribution in [0, 0.1) is 5.82 Å². The summed E-state index contributed by atoms with van der Waals surface area (Å²) in [5.41, 5.74) is 6.07. The average molecular weight is 266 g/mol. The fourth-order valence-corrected chi connectivity index (χ4v) is 2.17. The van der Waals surface area contributed by atoms with E-state index in [0.717, 1.165) is 25.9 Å². The predicted molar refractivity (Wildman–Crippen MR) is 70.3 cm³/mol. The molecule has 1 aliphatic heterocycles. The van der Waals surface area contributed by atoms with Crippen LogP contribution in [0.1, 0.15) is 31.4 Å². The summed E-state index contributed by atoms with van der Waals surface area (Å²) in [6, 6.07) is 4.14. The van der Waals surface area contributed by atoms with E-state index >= 15 is 0 Å². The zero-order valence-electron chi connectivity index (χ0n) is 11.1. The van der Waals surface area contributed by atoms with Crippen molar-refractivity contribution in [3.63, 3.8) is 0 Å². The third-order valence-corrected chi connectivity index (χ3v) is 3.28. The van der Waals surface area contributed by atoms with Crippen LogP contribution in [0.15, 0.2) is 18.2 Å². The van der Waals surface area contributed by atoms with Gasteiger partial charge in [0.1, 0.15) is 11.6 Å². The lowest BCUT2D eigenvalue weighted by atomic mass is 10.1. The van der Waals surface area contributed by atoms with Crippen LogP contribution >= 0.6 is 0 Å². The molecule has 1 saturated heterocycles. The fourth-order valence-electron chi connectivity index (χ4n) is 2.17. The minimum atomic E-state index is -0.402. The van der Waals surface area contributed by atoms with Crippen LogP contribution in [0.25, 0.3) is 0 Å². The zero-order valence-corrected chi connectivity index (χ0v) is 11.1. The van der Waals surface area contributed by atoms with Crippen LogP contribution in [0.3, 0.4) is 0 Å². The lowest BCUT2D eigenvalue weighted by Gasteiger charge is -2.16. The molecule has 0 saturated carbocycles. The Hall–Kier alpha value is -1.62. The molecule has 0 aliphatic carbocycles. The number of amides is 1. The van der Waals surface area contributed by atoms with Gasteiger partial charge in [0.25, 0.3) is 5.91 Å². The number of carbonyl (C=O) groups excluding carboxylic acids is 1. The first-order chi connectivity index (χ1) is 9.08. The van der Waals surface area contributed by atoms with Crippen molar-refractivity contribution in [1.82, 2.24) is 4.90 Å². The first-order valence-electron chi connectivity index (χ1n) is 6.53. The van der Waals surface area contributed by atoms with Crippen molar-refractivity contribution in [3.8, 4) is 5.75 Å². The van der Waals surface area contributed by atoms with Crippen molar-refractivity contribution < 1.29 is 13.9 Å². The van der Waals surface area contributed by atoms with Gasteiger partial charge in [0.05, 0.1) is 0 Å². The molecule has 0 radical (unpaired) electrons. The van der Waals surface area contributed by atoms with Gasteiger partial charge >= 0.3 is 0 Å². The second-order valence-electron chi connectivity index (χ2n) is 4.85. The Kier molecular flexibility index (Phi) is 4.37. The first kappa shape index (κ1) is 13.8. The number of halogens is 1. The summed E-state index contributed by atoms with van der Waals surface area (Å²) in [6.45, 7) is 3.26. The lowest BCUT2D eigenvalue weighted by Crippen LogP contribution is -2.32. The molecule has 1 atom stereocenters. The molecule has 0 unspecified atom stereocenters. The largest absolute Gasteiger partial charge is 0.484 e. The van der Waals surface area contributed by atoms with E-state index in [4.69, 9.17) is 10.5 Å². The Morgan fingerprint density at radius 2 is 2.16 bits per heavy atom. The van der Waals surface area contributed by atoms with Crippen molar-refractivity contribution in [1.29, 1.82) is 0 Å². The van der Waals surface area contributed by atoms with Crippen LogP contribution < -0.4 is 10.5 Å². The number of nitrogens with two attached hydrogens (primary N) is 1. The number of hydrogen-bond acceptors (Lipinski definition) is 3. The van der Waals surface area contributed by atoms with Crippen LogP contribution in [-0.2, 0) is 4.79 Å². The molecule has 1 amide bonds. The number of likely N-dealkylation sites (tertiary alicyclic amines) is 1. The molecule has 0 aromatic heterocycles. The number of rotatable bonds is 4. The first-order valence-corrected chi connectivity index (χ1v) is 6.53. The Morgan fingerprint density at radius 1 is 1.47 bits per heavy atom. The molecule has 0 bridgehead atoms. The topological polar surface area (TPSA) is 55.6 Å². The Balaban J connectivity index is 1.92. The quantitative estimate of drug-likeness (QED) is 0.904. The third-order valence-electron chi connectivity index (χ3n) is 3.28. The molecule has 2 rings (SSSR count). The zero-order chi connectivity index (χ0) is 13.8. The van der Waals surface area contributed by atoms with Gasteiger partial charge in [-0.25, -0.2) is 4.39 Å². The van der Waals surface area contributed by atoms with E-state index in [2.05, 4.69) is 0 Å². The van der Waals surface area contributed by atoms with Gasteiger partial charge in [-0.1, -0.05) is 6.07 Å². The number of nitrogens with zero attached hydrogens (tertiary/aromatic N) is 1. The number of hydrogen-bond donors (Lipinski definition) is 1. The number of carbonyl (C=O) groups is 1. The molecule has 1 aromatic rings. The minimum absolute atomic E-state index is 0.0447. The van der Waals surface area contributed by atoms with Gasteiger partial charge in [0, 0.05) is 30.8 Å². The maximum absolute atomic E-state index is 13.7. The molecule has 0 spiro atoms. The monoisotopic (exact) mass is 266 g/mol. The predicted octanol–water partition coefficient (Wildman–Crippen LogP) is 1.85. The van der Waals surface area contributed by atoms with Crippen LogP contribution in [0.2, 0.25) is 0 Å². The molecule has 4 nitrogen and oxygen atoms in total. The normalized spacial score (nSPS) is 16.5. The highest BCUT2D eigenvalue weighted by Crippen LogP contribution is 2.20.